The van der Waals surface area contributed by atoms with Crippen molar-refractivity contribution in [3.63, 3.8) is 0 Å². The first-order valence-electron chi connectivity index (χ1n) is 6.75. The summed E-state index contributed by atoms with van der Waals surface area (Å²) in [6, 6.07) is 8.90. The van der Waals surface area contributed by atoms with Crippen molar-refractivity contribution in [3.05, 3.63) is 41.5 Å². The summed E-state index contributed by atoms with van der Waals surface area (Å²) in [7, 11) is 0. The standard InChI is InChI=1S/C16H23N/c1-13(2)12-15-6-3-4-8-16(15)14-7-5-10-17-11-9-14/h3-4,6,8-9,13,17H,5,7,10-12H2,1-2H3. The van der Waals surface area contributed by atoms with Gasteiger partial charge in [0.15, 0.2) is 0 Å². The maximum atomic E-state index is 3.43. The predicted molar refractivity (Wildman–Crippen MR) is 75.1 cm³/mol. The van der Waals surface area contributed by atoms with Crippen molar-refractivity contribution in [1.29, 1.82) is 0 Å². The third kappa shape index (κ3) is 3.44. The molecule has 0 bridgehead atoms. The van der Waals surface area contributed by atoms with Crippen LogP contribution in [0.4, 0.5) is 0 Å². The monoisotopic (exact) mass is 229 g/mol. The first kappa shape index (κ1) is 12.4. The van der Waals surface area contributed by atoms with Crippen LogP contribution in [-0.4, -0.2) is 13.1 Å². The molecule has 1 aromatic carbocycles. The van der Waals surface area contributed by atoms with E-state index in [9.17, 15) is 0 Å². The fourth-order valence-electron chi connectivity index (χ4n) is 2.50. The van der Waals surface area contributed by atoms with Gasteiger partial charge in [-0.1, -0.05) is 44.2 Å². The predicted octanol–water partition coefficient (Wildman–Crippen LogP) is 3.65. The molecule has 0 spiro atoms. The molecule has 0 atom stereocenters. The molecule has 0 aromatic heterocycles. The van der Waals surface area contributed by atoms with Gasteiger partial charge in [-0.05, 0) is 48.4 Å². The highest BCUT2D eigenvalue weighted by Gasteiger charge is 2.10. The summed E-state index contributed by atoms with van der Waals surface area (Å²) in [6.45, 7) is 6.75. The maximum absolute atomic E-state index is 3.43. The van der Waals surface area contributed by atoms with Gasteiger partial charge in [-0.2, -0.15) is 0 Å². The van der Waals surface area contributed by atoms with Crippen LogP contribution in [0.3, 0.4) is 0 Å². The topological polar surface area (TPSA) is 12.0 Å². The quantitative estimate of drug-likeness (QED) is 0.834. The summed E-state index contributed by atoms with van der Waals surface area (Å²) in [5, 5.41) is 3.43. The van der Waals surface area contributed by atoms with E-state index in [0.717, 1.165) is 19.0 Å². The fourth-order valence-corrected chi connectivity index (χ4v) is 2.50. The minimum Gasteiger partial charge on any atom is -0.313 e. The smallest absolute Gasteiger partial charge is 0.0140 e. The van der Waals surface area contributed by atoms with Gasteiger partial charge in [-0.15, -0.1) is 0 Å². The number of hydrogen-bond acceptors (Lipinski definition) is 1. The van der Waals surface area contributed by atoms with Crippen molar-refractivity contribution in [2.75, 3.05) is 13.1 Å². The zero-order chi connectivity index (χ0) is 12.1. The summed E-state index contributed by atoms with van der Waals surface area (Å²) < 4.78 is 0. The second-order valence-electron chi connectivity index (χ2n) is 5.29. The van der Waals surface area contributed by atoms with Crippen molar-refractivity contribution < 1.29 is 0 Å². The average Bonchev–Trinajstić information content (AvgIpc) is 2.57. The number of benzene rings is 1. The van der Waals surface area contributed by atoms with Crippen molar-refractivity contribution in [2.24, 2.45) is 5.92 Å². The number of hydrogen-bond donors (Lipinski definition) is 1. The van der Waals surface area contributed by atoms with E-state index in [4.69, 9.17) is 0 Å². The Labute approximate surface area is 105 Å². The van der Waals surface area contributed by atoms with Crippen LogP contribution in [0.1, 0.15) is 37.8 Å². The molecule has 0 unspecified atom stereocenters. The van der Waals surface area contributed by atoms with Gasteiger partial charge < -0.3 is 5.32 Å². The molecule has 1 aromatic rings. The van der Waals surface area contributed by atoms with Gasteiger partial charge >= 0.3 is 0 Å². The number of allylic oxidation sites excluding steroid dienone is 1. The minimum atomic E-state index is 0.723. The lowest BCUT2D eigenvalue weighted by Gasteiger charge is -2.13. The molecule has 1 heteroatoms. The zero-order valence-electron chi connectivity index (χ0n) is 11.0. The molecule has 0 fully saturated rings. The first-order valence-corrected chi connectivity index (χ1v) is 6.75. The van der Waals surface area contributed by atoms with E-state index in [2.05, 4.69) is 49.5 Å². The van der Waals surface area contributed by atoms with E-state index in [-0.39, 0.29) is 0 Å². The normalized spacial score (nSPS) is 16.8. The summed E-state index contributed by atoms with van der Waals surface area (Å²) in [5.41, 5.74) is 4.52. The molecule has 2 rings (SSSR count). The van der Waals surface area contributed by atoms with E-state index in [1.165, 1.54) is 36.0 Å². The Balaban J connectivity index is 2.26. The molecule has 0 radical (unpaired) electrons. The average molecular weight is 229 g/mol. The SMILES string of the molecule is CC(C)Cc1ccccc1C1=CCNCCC1. The summed E-state index contributed by atoms with van der Waals surface area (Å²) >= 11 is 0. The summed E-state index contributed by atoms with van der Waals surface area (Å²) in [6.07, 6.45) is 6.01. The largest absolute Gasteiger partial charge is 0.313 e. The number of nitrogens with one attached hydrogen (secondary N) is 1. The number of rotatable bonds is 3. The van der Waals surface area contributed by atoms with Gasteiger partial charge in [0.25, 0.3) is 0 Å². The molecule has 0 saturated heterocycles. The molecule has 1 N–H and O–H groups in total. The van der Waals surface area contributed by atoms with Crippen LogP contribution in [-0.2, 0) is 6.42 Å². The Bertz CT molecular complexity index is 390. The van der Waals surface area contributed by atoms with Gasteiger partial charge in [0.2, 0.25) is 0 Å². The molecule has 0 aliphatic carbocycles. The van der Waals surface area contributed by atoms with Crippen molar-refractivity contribution in [2.45, 2.75) is 33.1 Å². The van der Waals surface area contributed by atoms with Gasteiger partial charge in [-0.25, -0.2) is 0 Å². The Kier molecular flexibility index (Phi) is 4.38. The van der Waals surface area contributed by atoms with Crippen LogP contribution in [0.15, 0.2) is 30.3 Å². The van der Waals surface area contributed by atoms with Crippen LogP contribution in [0.25, 0.3) is 5.57 Å². The Morgan fingerprint density at radius 2 is 2.06 bits per heavy atom. The molecule has 1 heterocycles. The van der Waals surface area contributed by atoms with E-state index >= 15 is 0 Å². The highest BCUT2D eigenvalue weighted by molar-refractivity contribution is 5.68. The molecular formula is C16H23N. The molecule has 1 nitrogen and oxygen atoms in total. The van der Waals surface area contributed by atoms with Crippen LogP contribution >= 0.6 is 0 Å². The second-order valence-corrected chi connectivity index (χ2v) is 5.29. The fraction of sp³-hybridized carbons (Fsp3) is 0.500. The summed E-state index contributed by atoms with van der Waals surface area (Å²) in [5.74, 6) is 0.723. The van der Waals surface area contributed by atoms with Crippen LogP contribution in [0, 0.1) is 5.92 Å². The zero-order valence-corrected chi connectivity index (χ0v) is 11.0. The van der Waals surface area contributed by atoms with Crippen molar-refractivity contribution in [1.82, 2.24) is 5.32 Å². The molecule has 92 valence electrons. The van der Waals surface area contributed by atoms with E-state index < -0.39 is 0 Å². The third-order valence-electron chi connectivity index (χ3n) is 3.28. The van der Waals surface area contributed by atoms with Gasteiger partial charge in [-0.3, -0.25) is 0 Å². The van der Waals surface area contributed by atoms with Crippen LogP contribution < -0.4 is 5.32 Å². The Morgan fingerprint density at radius 3 is 2.88 bits per heavy atom. The van der Waals surface area contributed by atoms with E-state index in [1.807, 2.05) is 0 Å². The lowest BCUT2D eigenvalue weighted by Crippen LogP contribution is -2.12. The molecule has 17 heavy (non-hydrogen) atoms. The first-order chi connectivity index (χ1) is 8.27. The Morgan fingerprint density at radius 1 is 1.24 bits per heavy atom. The van der Waals surface area contributed by atoms with Crippen LogP contribution in [0.2, 0.25) is 0 Å². The molecule has 0 amide bonds. The third-order valence-corrected chi connectivity index (χ3v) is 3.28. The lowest BCUT2D eigenvalue weighted by molar-refractivity contribution is 0.646. The molecular weight excluding hydrogens is 206 g/mol. The lowest BCUT2D eigenvalue weighted by atomic mass is 9.91. The molecule has 0 saturated carbocycles. The van der Waals surface area contributed by atoms with Gasteiger partial charge in [0.1, 0.15) is 0 Å². The van der Waals surface area contributed by atoms with Gasteiger partial charge in [0, 0.05) is 6.54 Å². The highest BCUT2D eigenvalue weighted by atomic mass is 14.8. The van der Waals surface area contributed by atoms with Crippen molar-refractivity contribution in [3.8, 4) is 0 Å². The van der Waals surface area contributed by atoms with E-state index in [1.54, 1.807) is 0 Å². The van der Waals surface area contributed by atoms with Crippen LogP contribution in [0.5, 0.6) is 0 Å². The molecule has 1 aliphatic rings. The Hall–Kier alpha value is -1.08. The maximum Gasteiger partial charge on any atom is 0.0140 e. The minimum absolute atomic E-state index is 0.723. The van der Waals surface area contributed by atoms with Crippen molar-refractivity contribution >= 4 is 5.57 Å². The van der Waals surface area contributed by atoms with Gasteiger partial charge in [0.05, 0.1) is 0 Å². The second kappa shape index (κ2) is 6.02. The summed E-state index contributed by atoms with van der Waals surface area (Å²) in [4.78, 5) is 0. The highest BCUT2D eigenvalue weighted by Crippen LogP contribution is 2.26. The van der Waals surface area contributed by atoms with E-state index in [0.29, 0.717) is 0 Å². The molecule has 1 aliphatic heterocycles.